The molecule has 0 radical (unpaired) electrons. The van der Waals surface area contributed by atoms with Gasteiger partial charge in [-0.3, -0.25) is 9.59 Å². The summed E-state index contributed by atoms with van der Waals surface area (Å²) >= 11 is 0. The number of benzene rings is 2. The summed E-state index contributed by atoms with van der Waals surface area (Å²) in [6.07, 6.45) is 3.35. The lowest BCUT2D eigenvalue weighted by Crippen LogP contribution is -2.25. The molecule has 0 aliphatic rings. The molecule has 0 fully saturated rings. The molecular formula is C29H34N2O7. The highest BCUT2D eigenvalue weighted by Crippen LogP contribution is 2.28. The number of fused-ring (bicyclic) bond motifs is 1. The minimum Gasteiger partial charge on any atom is -0.496 e. The number of anilines is 1. The van der Waals surface area contributed by atoms with Gasteiger partial charge in [-0.1, -0.05) is 11.6 Å². The maximum atomic E-state index is 13.0. The van der Waals surface area contributed by atoms with Crippen LogP contribution in [0.4, 0.5) is 5.69 Å². The van der Waals surface area contributed by atoms with Gasteiger partial charge in [-0.25, -0.2) is 4.79 Å². The van der Waals surface area contributed by atoms with E-state index < -0.39 is 11.5 Å². The Morgan fingerprint density at radius 2 is 1.82 bits per heavy atom. The molecule has 3 aromatic rings. The molecule has 1 heterocycles. The highest BCUT2D eigenvalue weighted by Gasteiger charge is 2.15. The third-order valence-electron chi connectivity index (χ3n) is 5.87. The van der Waals surface area contributed by atoms with E-state index in [4.69, 9.17) is 13.9 Å². The van der Waals surface area contributed by atoms with Gasteiger partial charge in [0.1, 0.15) is 22.8 Å². The molecule has 9 heteroatoms. The van der Waals surface area contributed by atoms with Crippen LogP contribution in [0, 0.1) is 6.92 Å². The fourth-order valence-corrected chi connectivity index (χ4v) is 3.78. The summed E-state index contributed by atoms with van der Waals surface area (Å²) in [5, 5.41) is 6.30. The van der Waals surface area contributed by atoms with Gasteiger partial charge in [-0.05, 0) is 82.1 Å². The van der Waals surface area contributed by atoms with Crippen molar-refractivity contribution in [1.82, 2.24) is 5.32 Å². The van der Waals surface area contributed by atoms with Crippen molar-refractivity contribution in [3.8, 4) is 11.5 Å². The Labute approximate surface area is 221 Å². The smallest absolute Gasteiger partial charge is 0.360 e. The van der Waals surface area contributed by atoms with Gasteiger partial charge in [-0.15, -0.1) is 0 Å². The largest absolute Gasteiger partial charge is 0.496 e. The maximum Gasteiger partial charge on any atom is 0.360 e. The second-order valence-corrected chi connectivity index (χ2v) is 8.98. The third-order valence-corrected chi connectivity index (χ3v) is 5.87. The summed E-state index contributed by atoms with van der Waals surface area (Å²) < 4.78 is 21.4. The van der Waals surface area contributed by atoms with Crippen LogP contribution in [0.1, 0.15) is 41.8 Å². The lowest BCUT2D eigenvalue weighted by Gasteiger charge is -2.12. The molecule has 0 aliphatic carbocycles. The fraction of sp³-hybridized carbons (Fsp3) is 0.345. The molecule has 3 rings (SSSR count). The van der Waals surface area contributed by atoms with E-state index in [1.165, 1.54) is 7.11 Å². The molecule has 0 saturated heterocycles. The van der Waals surface area contributed by atoms with E-state index in [-0.39, 0.29) is 18.2 Å². The first-order valence-corrected chi connectivity index (χ1v) is 12.3. The number of carbonyl (C=O) groups excluding carboxylic acids is 2. The lowest BCUT2D eigenvalue weighted by atomic mass is 10.0. The first kappa shape index (κ1) is 28.5. The Morgan fingerprint density at radius 3 is 2.53 bits per heavy atom. The average molecular weight is 523 g/mol. The summed E-state index contributed by atoms with van der Waals surface area (Å²) in [5.74, 6) is 0.535. The molecule has 0 unspecified atom stereocenters. The monoisotopic (exact) mass is 522 g/mol. The van der Waals surface area contributed by atoms with Gasteiger partial charge in [0.05, 0.1) is 27.4 Å². The van der Waals surface area contributed by atoms with Crippen molar-refractivity contribution in [3.05, 3.63) is 75.2 Å². The predicted octanol–water partition coefficient (Wildman–Crippen LogP) is 4.40. The van der Waals surface area contributed by atoms with Crippen molar-refractivity contribution in [1.29, 1.82) is 0 Å². The second kappa shape index (κ2) is 13.4. The first-order chi connectivity index (χ1) is 18.2. The number of methoxy groups -OCH3 is 2. The Morgan fingerprint density at radius 1 is 1.05 bits per heavy atom. The number of aryl methyl sites for hydroxylation is 1. The lowest BCUT2D eigenvalue weighted by molar-refractivity contribution is -0.139. The van der Waals surface area contributed by atoms with Crippen LogP contribution in [-0.2, 0) is 16.0 Å². The average Bonchev–Trinajstić information content (AvgIpc) is 2.90. The van der Waals surface area contributed by atoms with E-state index in [0.717, 1.165) is 11.1 Å². The Bertz CT molecular complexity index is 1390. The van der Waals surface area contributed by atoms with Gasteiger partial charge in [0.15, 0.2) is 0 Å². The molecule has 202 valence electrons. The van der Waals surface area contributed by atoms with Gasteiger partial charge >= 0.3 is 11.6 Å². The number of esters is 1. The molecule has 2 aromatic carbocycles. The van der Waals surface area contributed by atoms with Crippen molar-refractivity contribution < 1.29 is 28.2 Å². The van der Waals surface area contributed by atoms with Crippen molar-refractivity contribution in [3.63, 3.8) is 0 Å². The molecule has 2 N–H and O–H groups in total. The van der Waals surface area contributed by atoms with E-state index >= 15 is 0 Å². The number of hydrogen-bond donors (Lipinski definition) is 2. The molecule has 0 spiro atoms. The number of carbonyl (C=O) groups is 2. The highest BCUT2D eigenvalue weighted by molar-refractivity contribution is 6.05. The summed E-state index contributed by atoms with van der Waals surface area (Å²) in [7, 11) is 2.93. The first-order valence-electron chi connectivity index (χ1n) is 12.3. The molecular weight excluding hydrogens is 488 g/mol. The van der Waals surface area contributed by atoms with Crippen LogP contribution >= 0.6 is 0 Å². The van der Waals surface area contributed by atoms with Crippen LogP contribution in [0.2, 0.25) is 0 Å². The SMILES string of the molecule is COC(=O)CNCCCOc1ccc2cc(NC(=O)c3ccc(OC)c(CC=C(C)C)c3)c(=O)oc2c1C. The maximum absolute atomic E-state index is 13.0. The van der Waals surface area contributed by atoms with Crippen LogP contribution < -0.4 is 25.7 Å². The van der Waals surface area contributed by atoms with Crippen molar-refractivity contribution in [2.75, 3.05) is 39.2 Å². The fourth-order valence-electron chi connectivity index (χ4n) is 3.78. The molecule has 0 atom stereocenters. The third kappa shape index (κ3) is 7.45. The molecule has 0 saturated carbocycles. The van der Waals surface area contributed by atoms with Gasteiger partial charge in [-0.2, -0.15) is 0 Å². The van der Waals surface area contributed by atoms with Crippen LogP contribution in [-0.4, -0.2) is 45.8 Å². The number of nitrogens with one attached hydrogen (secondary N) is 2. The Kier molecular flexibility index (Phi) is 10.1. The standard InChI is InChI=1S/C29H34N2O7/c1-18(2)7-8-20-15-22(10-12-25(20)35-4)28(33)31-23-16-21-9-11-24(19(3)27(21)38-29(23)34)37-14-6-13-30-17-26(32)36-5/h7,9-12,15-16,30H,6,8,13-14,17H2,1-5H3,(H,31,33). The van der Waals surface area contributed by atoms with E-state index in [1.807, 2.05) is 13.8 Å². The molecule has 0 aliphatic heterocycles. The van der Waals surface area contributed by atoms with Gasteiger partial charge < -0.3 is 29.3 Å². The van der Waals surface area contributed by atoms with Crippen LogP contribution in [0.25, 0.3) is 11.0 Å². The summed E-state index contributed by atoms with van der Waals surface area (Å²) in [5.41, 5.74) is 2.90. The summed E-state index contributed by atoms with van der Waals surface area (Å²) in [6.45, 7) is 6.96. The minimum atomic E-state index is -0.656. The van der Waals surface area contributed by atoms with E-state index in [9.17, 15) is 14.4 Å². The molecule has 9 nitrogen and oxygen atoms in total. The van der Waals surface area contributed by atoms with E-state index in [1.54, 1.807) is 50.4 Å². The molecule has 0 bridgehead atoms. The van der Waals surface area contributed by atoms with Crippen molar-refractivity contribution in [2.24, 2.45) is 0 Å². The van der Waals surface area contributed by atoms with Gasteiger partial charge in [0.25, 0.3) is 5.91 Å². The van der Waals surface area contributed by atoms with Crippen LogP contribution in [0.3, 0.4) is 0 Å². The molecule has 1 aromatic heterocycles. The topological polar surface area (TPSA) is 116 Å². The zero-order valence-corrected chi connectivity index (χ0v) is 22.4. The zero-order valence-electron chi connectivity index (χ0n) is 22.4. The second-order valence-electron chi connectivity index (χ2n) is 8.98. The van der Waals surface area contributed by atoms with Gasteiger partial charge in [0, 0.05) is 16.5 Å². The van der Waals surface area contributed by atoms with Crippen LogP contribution in [0.15, 0.2) is 57.3 Å². The quantitative estimate of drug-likeness (QED) is 0.156. The summed E-state index contributed by atoms with van der Waals surface area (Å²) in [6, 6.07) is 10.3. The minimum absolute atomic E-state index is 0.0499. The number of hydrogen-bond acceptors (Lipinski definition) is 8. The van der Waals surface area contributed by atoms with Crippen molar-refractivity contribution >= 4 is 28.5 Å². The predicted molar refractivity (Wildman–Crippen MR) is 146 cm³/mol. The van der Waals surface area contributed by atoms with E-state index in [2.05, 4.69) is 21.4 Å². The van der Waals surface area contributed by atoms with Crippen molar-refractivity contribution in [2.45, 2.75) is 33.6 Å². The number of rotatable bonds is 12. The normalized spacial score (nSPS) is 10.7. The number of allylic oxidation sites excluding steroid dienone is 2. The van der Waals surface area contributed by atoms with Crippen LogP contribution in [0.5, 0.6) is 11.5 Å². The Hall–Kier alpha value is -4.11. The Balaban J connectivity index is 1.71. The molecule has 1 amide bonds. The van der Waals surface area contributed by atoms with E-state index in [0.29, 0.717) is 59.6 Å². The number of ether oxygens (including phenoxy) is 3. The zero-order chi connectivity index (χ0) is 27.7. The number of amides is 1. The highest BCUT2D eigenvalue weighted by atomic mass is 16.5. The van der Waals surface area contributed by atoms with Gasteiger partial charge in [0.2, 0.25) is 0 Å². The molecule has 38 heavy (non-hydrogen) atoms. The summed E-state index contributed by atoms with van der Waals surface area (Å²) in [4.78, 5) is 36.8.